The van der Waals surface area contributed by atoms with Crippen LogP contribution >= 0.6 is 38.5 Å². The van der Waals surface area contributed by atoms with E-state index >= 15 is 0 Å². The molecule has 1 saturated carbocycles. The highest BCUT2D eigenvalue weighted by molar-refractivity contribution is 14.1. The number of hydrogen-bond donors (Lipinski definition) is 2. The molecule has 3 nitrogen and oxygen atoms in total. The molecule has 1 aromatic rings. The van der Waals surface area contributed by atoms with Gasteiger partial charge in [0.25, 0.3) is 5.91 Å². The number of nitrogens with one attached hydrogen (secondary N) is 1. The summed E-state index contributed by atoms with van der Waals surface area (Å²) in [5, 5.41) is 12.0. The Morgan fingerprint density at radius 1 is 1.50 bits per heavy atom. The Hall–Kier alpha value is -0.140. The molecule has 1 fully saturated rings. The third-order valence-electron chi connectivity index (χ3n) is 2.62. The maximum absolute atomic E-state index is 11.9. The van der Waals surface area contributed by atoms with Crippen LogP contribution in [0.5, 0.6) is 0 Å². The third kappa shape index (κ3) is 2.75. The molecule has 16 heavy (non-hydrogen) atoms. The fraction of sp³-hybridized carbons (Fsp3) is 0.364. The summed E-state index contributed by atoms with van der Waals surface area (Å²) in [6, 6.07) is 5.77. The first kappa shape index (κ1) is 12.3. The number of benzene rings is 1. The topological polar surface area (TPSA) is 49.3 Å². The first-order valence-corrected chi connectivity index (χ1v) is 6.87. The van der Waals surface area contributed by atoms with Gasteiger partial charge in [-0.1, -0.05) is 0 Å². The van der Waals surface area contributed by atoms with Crippen LogP contribution in [0.25, 0.3) is 0 Å². The molecule has 1 amide bonds. The summed E-state index contributed by atoms with van der Waals surface area (Å²) in [5.41, 5.74) is 0.647. The molecule has 0 heterocycles. The quantitative estimate of drug-likeness (QED) is 0.755. The van der Waals surface area contributed by atoms with Crippen LogP contribution in [0.15, 0.2) is 22.7 Å². The second-order valence-corrected chi connectivity index (χ2v) is 6.02. The maximum Gasteiger partial charge on any atom is 0.252 e. The molecule has 1 aliphatic rings. The van der Waals surface area contributed by atoms with E-state index in [0.717, 1.165) is 8.04 Å². The second-order valence-electron chi connectivity index (χ2n) is 3.92. The van der Waals surface area contributed by atoms with Crippen LogP contribution in [0.2, 0.25) is 0 Å². The Kier molecular flexibility index (Phi) is 3.86. The van der Waals surface area contributed by atoms with Gasteiger partial charge in [0.05, 0.1) is 11.7 Å². The van der Waals surface area contributed by atoms with Crippen molar-refractivity contribution in [2.75, 3.05) is 0 Å². The van der Waals surface area contributed by atoms with Crippen molar-refractivity contribution in [1.29, 1.82) is 0 Å². The van der Waals surface area contributed by atoms with E-state index < -0.39 is 0 Å². The van der Waals surface area contributed by atoms with Crippen LogP contribution in [-0.2, 0) is 0 Å². The zero-order valence-electron chi connectivity index (χ0n) is 8.41. The number of carbonyl (C=O) groups excluding carboxylic acids is 1. The Morgan fingerprint density at radius 2 is 2.19 bits per heavy atom. The summed E-state index contributed by atoms with van der Waals surface area (Å²) in [6.07, 6.45) is 1.07. The molecule has 0 bridgehead atoms. The average molecular weight is 396 g/mol. The fourth-order valence-corrected chi connectivity index (χ4v) is 2.56. The molecule has 0 aromatic heterocycles. The van der Waals surface area contributed by atoms with Gasteiger partial charge in [0, 0.05) is 14.1 Å². The van der Waals surface area contributed by atoms with Crippen molar-refractivity contribution in [2.45, 2.75) is 25.0 Å². The Bertz CT molecular complexity index is 418. The Balaban J connectivity index is 2.05. The van der Waals surface area contributed by atoms with Gasteiger partial charge in [0.1, 0.15) is 0 Å². The standard InChI is InChI=1S/C11H11BrINO2/c12-10-2-1-6(13)3-9(10)11(16)14-7-4-8(15)5-7/h1-3,7-8,15H,4-5H2,(H,14,16). The smallest absolute Gasteiger partial charge is 0.252 e. The van der Waals surface area contributed by atoms with Crippen LogP contribution in [0.3, 0.4) is 0 Å². The molecule has 1 aliphatic carbocycles. The molecule has 2 rings (SSSR count). The first-order chi connectivity index (χ1) is 7.56. The van der Waals surface area contributed by atoms with Gasteiger partial charge >= 0.3 is 0 Å². The van der Waals surface area contributed by atoms with E-state index in [1.807, 2.05) is 18.2 Å². The Labute approximate surface area is 116 Å². The molecular formula is C11H11BrINO2. The molecule has 0 saturated heterocycles. The highest BCUT2D eigenvalue weighted by Gasteiger charge is 2.28. The monoisotopic (exact) mass is 395 g/mol. The van der Waals surface area contributed by atoms with Gasteiger partial charge in [-0.2, -0.15) is 0 Å². The van der Waals surface area contributed by atoms with Crippen LogP contribution in [0.1, 0.15) is 23.2 Å². The lowest BCUT2D eigenvalue weighted by molar-refractivity contribution is 0.0562. The minimum absolute atomic E-state index is 0.0812. The van der Waals surface area contributed by atoms with Crippen molar-refractivity contribution in [3.63, 3.8) is 0 Å². The lowest BCUT2D eigenvalue weighted by atomic mass is 9.89. The van der Waals surface area contributed by atoms with E-state index in [2.05, 4.69) is 43.8 Å². The molecule has 86 valence electrons. The van der Waals surface area contributed by atoms with E-state index in [1.165, 1.54) is 0 Å². The van der Waals surface area contributed by atoms with Gasteiger partial charge < -0.3 is 10.4 Å². The SMILES string of the molecule is O=C(NC1CC(O)C1)c1cc(I)ccc1Br. The largest absolute Gasteiger partial charge is 0.393 e. The van der Waals surface area contributed by atoms with E-state index in [1.54, 1.807) is 0 Å². The number of amides is 1. The van der Waals surface area contributed by atoms with Crippen molar-refractivity contribution >= 4 is 44.4 Å². The van der Waals surface area contributed by atoms with Crippen LogP contribution in [0, 0.1) is 3.57 Å². The average Bonchev–Trinajstić information content (AvgIpc) is 2.19. The molecule has 2 N–H and O–H groups in total. The molecule has 1 aromatic carbocycles. The highest BCUT2D eigenvalue weighted by Crippen LogP contribution is 2.23. The normalized spacial score (nSPS) is 23.7. The van der Waals surface area contributed by atoms with Crippen molar-refractivity contribution in [1.82, 2.24) is 5.32 Å². The number of rotatable bonds is 2. The number of halogens is 2. The van der Waals surface area contributed by atoms with E-state index in [4.69, 9.17) is 5.11 Å². The summed E-state index contributed by atoms with van der Waals surface area (Å²) in [7, 11) is 0. The summed E-state index contributed by atoms with van der Waals surface area (Å²) in [6.45, 7) is 0. The van der Waals surface area contributed by atoms with Gasteiger partial charge in [-0.3, -0.25) is 4.79 Å². The third-order valence-corrected chi connectivity index (χ3v) is 3.98. The molecule has 0 aliphatic heterocycles. The number of aliphatic hydroxyl groups excluding tert-OH is 1. The molecule has 0 atom stereocenters. The van der Waals surface area contributed by atoms with Crippen molar-refractivity contribution in [3.05, 3.63) is 31.8 Å². The van der Waals surface area contributed by atoms with Crippen LogP contribution < -0.4 is 5.32 Å². The summed E-state index contributed by atoms with van der Waals surface area (Å²) < 4.78 is 1.82. The van der Waals surface area contributed by atoms with E-state index in [0.29, 0.717) is 18.4 Å². The number of hydrogen-bond acceptors (Lipinski definition) is 2. The Morgan fingerprint density at radius 3 is 2.81 bits per heavy atom. The van der Waals surface area contributed by atoms with Gasteiger partial charge in [0.15, 0.2) is 0 Å². The van der Waals surface area contributed by atoms with Crippen molar-refractivity contribution < 1.29 is 9.90 Å². The number of carbonyl (C=O) groups is 1. The van der Waals surface area contributed by atoms with Crippen LogP contribution in [0.4, 0.5) is 0 Å². The summed E-state index contributed by atoms with van der Waals surface area (Å²) in [4.78, 5) is 11.9. The van der Waals surface area contributed by atoms with E-state index in [9.17, 15) is 4.79 Å². The van der Waals surface area contributed by atoms with Gasteiger partial charge in [-0.05, 0) is 69.6 Å². The highest BCUT2D eigenvalue weighted by atomic mass is 127. The summed E-state index contributed by atoms with van der Waals surface area (Å²) in [5.74, 6) is -0.0812. The molecular weight excluding hydrogens is 385 g/mol. The van der Waals surface area contributed by atoms with Gasteiger partial charge in [0.2, 0.25) is 0 Å². The second kappa shape index (κ2) is 5.01. The first-order valence-electron chi connectivity index (χ1n) is 5.00. The lowest BCUT2D eigenvalue weighted by Crippen LogP contribution is -2.46. The molecule has 5 heteroatoms. The van der Waals surface area contributed by atoms with Gasteiger partial charge in [-0.15, -0.1) is 0 Å². The molecule has 0 radical (unpaired) electrons. The minimum atomic E-state index is -0.246. The zero-order valence-corrected chi connectivity index (χ0v) is 12.2. The van der Waals surface area contributed by atoms with Crippen molar-refractivity contribution in [2.24, 2.45) is 0 Å². The fourth-order valence-electron chi connectivity index (χ4n) is 1.64. The van der Waals surface area contributed by atoms with Crippen molar-refractivity contribution in [3.8, 4) is 0 Å². The number of aliphatic hydroxyl groups is 1. The summed E-state index contributed by atoms with van der Waals surface area (Å²) >= 11 is 5.53. The van der Waals surface area contributed by atoms with E-state index in [-0.39, 0.29) is 18.1 Å². The predicted molar refractivity (Wildman–Crippen MR) is 73.4 cm³/mol. The molecule has 0 spiro atoms. The molecule has 0 unspecified atom stereocenters. The predicted octanol–water partition coefficient (Wildman–Crippen LogP) is 2.31. The van der Waals surface area contributed by atoms with Gasteiger partial charge in [-0.25, -0.2) is 0 Å². The lowest BCUT2D eigenvalue weighted by Gasteiger charge is -2.32. The minimum Gasteiger partial charge on any atom is -0.393 e. The maximum atomic E-state index is 11.9. The van der Waals surface area contributed by atoms with Crippen LogP contribution in [-0.4, -0.2) is 23.2 Å². The zero-order chi connectivity index (χ0) is 11.7.